The standard InChI is InChI=1S/C7H4Br2N2S/c8-1-4-2-10-7(9)5-3-11-12-6(4)5/h2-3H,1H2. The number of halogens is 2. The maximum absolute atomic E-state index is 4.20. The number of aromatic nitrogens is 2. The first-order valence-corrected chi connectivity index (χ1v) is 5.95. The molecule has 0 atom stereocenters. The van der Waals surface area contributed by atoms with Crippen LogP contribution in [0.3, 0.4) is 0 Å². The second-order valence-corrected chi connectivity index (χ2v) is 4.39. The number of nitrogens with zero attached hydrogens (tertiary/aromatic N) is 2. The Balaban J connectivity index is 2.82. The summed E-state index contributed by atoms with van der Waals surface area (Å²) in [5, 5.41) is 1.92. The lowest BCUT2D eigenvalue weighted by Gasteiger charge is -1.97. The number of fused-ring (bicyclic) bond motifs is 1. The van der Waals surface area contributed by atoms with Crippen molar-refractivity contribution in [2.45, 2.75) is 5.33 Å². The van der Waals surface area contributed by atoms with Crippen molar-refractivity contribution in [3.05, 3.63) is 22.6 Å². The van der Waals surface area contributed by atoms with Gasteiger partial charge in [0.15, 0.2) is 0 Å². The minimum atomic E-state index is 0.825. The second kappa shape index (κ2) is 3.40. The largest absolute Gasteiger partial charge is 0.248 e. The maximum atomic E-state index is 4.20. The fraction of sp³-hybridized carbons (Fsp3) is 0.143. The van der Waals surface area contributed by atoms with Crippen LogP contribution in [0.5, 0.6) is 0 Å². The zero-order valence-electron chi connectivity index (χ0n) is 5.92. The molecule has 2 rings (SSSR count). The van der Waals surface area contributed by atoms with Crippen LogP contribution >= 0.6 is 43.4 Å². The Labute approximate surface area is 90.4 Å². The molecule has 0 spiro atoms. The van der Waals surface area contributed by atoms with Crippen LogP contribution < -0.4 is 0 Å². The lowest BCUT2D eigenvalue weighted by molar-refractivity contribution is 1.27. The first kappa shape index (κ1) is 8.59. The van der Waals surface area contributed by atoms with Gasteiger partial charge in [-0.1, -0.05) is 15.9 Å². The molecule has 0 N–H and O–H groups in total. The number of alkyl halides is 1. The summed E-state index contributed by atoms with van der Waals surface area (Å²) in [5.41, 5.74) is 1.19. The van der Waals surface area contributed by atoms with Crippen molar-refractivity contribution in [1.29, 1.82) is 0 Å². The van der Waals surface area contributed by atoms with Crippen LogP contribution in [0.4, 0.5) is 0 Å². The lowest BCUT2D eigenvalue weighted by atomic mass is 10.3. The van der Waals surface area contributed by atoms with Crippen LogP contribution in [-0.4, -0.2) is 9.36 Å². The molecule has 0 amide bonds. The zero-order chi connectivity index (χ0) is 8.55. The molecule has 0 saturated heterocycles. The fourth-order valence-corrected chi connectivity index (χ4v) is 2.87. The van der Waals surface area contributed by atoms with Gasteiger partial charge in [-0.3, -0.25) is 0 Å². The zero-order valence-corrected chi connectivity index (χ0v) is 9.91. The van der Waals surface area contributed by atoms with E-state index in [4.69, 9.17) is 0 Å². The molecule has 0 aliphatic carbocycles. The van der Waals surface area contributed by atoms with Gasteiger partial charge in [0.05, 0.1) is 10.9 Å². The van der Waals surface area contributed by atoms with Crippen LogP contribution in [0, 0.1) is 0 Å². The van der Waals surface area contributed by atoms with Gasteiger partial charge < -0.3 is 0 Å². The Morgan fingerprint density at radius 3 is 3.00 bits per heavy atom. The highest BCUT2D eigenvalue weighted by Gasteiger charge is 2.06. The highest BCUT2D eigenvalue weighted by molar-refractivity contribution is 9.10. The summed E-state index contributed by atoms with van der Waals surface area (Å²) in [5.74, 6) is 0. The van der Waals surface area contributed by atoms with Gasteiger partial charge in [0.2, 0.25) is 0 Å². The van der Waals surface area contributed by atoms with E-state index in [0.29, 0.717) is 0 Å². The molecule has 2 heterocycles. The number of rotatable bonds is 1. The van der Waals surface area contributed by atoms with Gasteiger partial charge in [0.1, 0.15) is 4.60 Å². The van der Waals surface area contributed by atoms with E-state index in [9.17, 15) is 0 Å². The van der Waals surface area contributed by atoms with Crippen molar-refractivity contribution in [3.8, 4) is 0 Å². The van der Waals surface area contributed by atoms with Gasteiger partial charge in [-0.25, -0.2) is 4.98 Å². The molecule has 62 valence electrons. The van der Waals surface area contributed by atoms with Gasteiger partial charge in [-0.05, 0) is 27.5 Å². The molecule has 0 aromatic carbocycles. The Hall–Kier alpha value is -0.0000000000000000833. The van der Waals surface area contributed by atoms with Crippen molar-refractivity contribution in [2.24, 2.45) is 0 Å². The summed E-state index contributed by atoms with van der Waals surface area (Å²) in [7, 11) is 0. The highest BCUT2D eigenvalue weighted by Crippen LogP contribution is 2.28. The van der Waals surface area contributed by atoms with E-state index in [2.05, 4.69) is 41.2 Å². The molecule has 0 saturated carbocycles. The van der Waals surface area contributed by atoms with E-state index < -0.39 is 0 Å². The molecule has 0 aliphatic rings. The molecule has 2 aromatic rings. The highest BCUT2D eigenvalue weighted by atomic mass is 79.9. The number of hydrogen-bond donors (Lipinski definition) is 0. The second-order valence-electron chi connectivity index (χ2n) is 2.28. The molecule has 0 unspecified atom stereocenters. The Bertz CT molecular complexity index is 413. The summed E-state index contributed by atoms with van der Waals surface area (Å²) in [6.45, 7) is 0. The molecule has 0 radical (unpaired) electrons. The summed E-state index contributed by atoms with van der Waals surface area (Å²) >= 11 is 8.29. The Morgan fingerprint density at radius 2 is 2.25 bits per heavy atom. The Kier molecular flexibility index (Phi) is 2.43. The third kappa shape index (κ3) is 1.30. The smallest absolute Gasteiger partial charge is 0.116 e. The van der Waals surface area contributed by atoms with Crippen molar-refractivity contribution < 1.29 is 0 Å². The third-order valence-corrected chi connectivity index (χ3v) is 3.67. The SMILES string of the molecule is BrCc1cnc(Br)c2cnsc12. The van der Waals surface area contributed by atoms with E-state index >= 15 is 0 Å². The van der Waals surface area contributed by atoms with E-state index in [0.717, 1.165) is 15.3 Å². The molecular formula is C7H4Br2N2S. The Morgan fingerprint density at radius 1 is 1.42 bits per heavy atom. The van der Waals surface area contributed by atoms with Crippen LogP contribution in [0.15, 0.2) is 17.0 Å². The topological polar surface area (TPSA) is 25.8 Å². The average Bonchev–Trinajstić information content (AvgIpc) is 2.54. The number of hydrogen-bond acceptors (Lipinski definition) is 3. The van der Waals surface area contributed by atoms with Crippen molar-refractivity contribution >= 4 is 53.5 Å². The van der Waals surface area contributed by atoms with Crippen molar-refractivity contribution in [3.63, 3.8) is 0 Å². The van der Waals surface area contributed by atoms with Gasteiger partial charge >= 0.3 is 0 Å². The van der Waals surface area contributed by atoms with Crippen LogP contribution in [0.1, 0.15) is 5.56 Å². The quantitative estimate of drug-likeness (QED) is 0.596. The molecule has 0 bridgehead atoms. The van der Waals surface area contributed by atoms with Crippen LogP contribution in [0.25, 0.3) is 10.1 Å². The van der Waals surface area contributed by atoms with Gasteiger partial charge in [0, 0.05) is 22.5 Å². The van der Waals surface area contributed by atoms with E-state index in [1.807, 2.05) is 12.4 Å². The van der Waals surface area contributed by atoms with E-state index in [1.165, 1.54) is 21.8 Å². The first-order valence-electron chi connectivity index (χ1n) is 3.26. The molecule has 5 heteroatoms. The summed E-state index contributed by atoms with van der Waals surface area (Å²) < 4.78 is 6.20. The summed E-state index contributed by atoms with van der Waals surface area (Å²) in [4.78, 5) is 4.20. The van der Waals surface area contributed by atoms with Gasteiger partial charge in [0.25, 0.3) is 0 Å². The molecule has 0 aliphatic heterocycles. The van der Waals surface area contributed by atoms with Crippen molar-refractivity contribution in [1.82, 2.24) is 9.36 Å². The van der Waals surface area contributed by atoms with Crippen molar-refractivity contribution in [2.75, 3.05) is 0 Å². The molecule has 12 heavy (non-hydrogen) atoms. The normalized spacial score (nSPS) is 10.8. The van der Waals surface area contributed by atoms with Gasteiger partial charge in [-0.15, -0.1) is 0 Å². The van der Waals surface area contributed by atoms with Crippen LogP contribution in [-0.2, 0) is 5.33 Å². The van der Waals surface area contributed by atoms with Gasteiger partial charge in [-0.2, -0.15) is 4.37 Å². The minimum absolute atomic E-state index is 0.825. The molecule has 2 aromatic heterocycles. The average molecular weight is 308 g/mol. The minimum Gasteiger partial charge on any atom is -0.248 e. The van der Waals surface area contributed by atoms with Crippen LogP contribution in [0.2, 0.25) is 0 Å². The monoisotopic (exact) mass is 306 g/mol. The lowest BCUT2D eigenvalue weighted by Crippen LogP contribution is -1.82. The maximum Gasteiger partial charge on any atom is 0.116 e. The summed E-state index contributed by atoms with van der Waals surface area (Å²) in [6, 6.07) is 0. The molecule has 2 nitrogen and oxygen atoms in total. The molecular weight excluding hydrogens is 304 g/mol. The first-order chi connectivity index (χ1) is 5.83. The summed E-state index contributed by atoms with van der Waals surface area (Å²) in [6.07, 6.45) is 3.70. The third-order valence-electron chi connectivity index (χ3n) is 1.56. The molecule has 0 fully saturated rings. The van der Waals surface area contributed by atoms with E-state index in [1.54, 1.807) is 0 Å². The number of pyridine rings is 1. The predicted molar refractivity (Wildman–Crippen MR) is 57.7 cm³/mol. The van der Waals surface area contributed by atoms with E-state index in [-0.39, 0.29) is 0 Å². The predicted octanol–water partition coefficient (Wildman–Crippen LogP) is 3.35. The fourth-order valence-electron chi connectivity index (χ4n) is 0.976.